The van der Waals surface area contributed by atoms with Crippen molar-refractivity contribution in [1.82, 2.24) is 10.3 Å². The van der Waals surface area contributed by atoms with Crippen LogP contribution >= 0.6 is 0 Å². The van der Waals surface area contributed by atoms with Gasteiger partial charge in [-0.3, -0.25) is 4.79 Å². The number of pyridine rings is 1. The zero-order valence-electron chi connectivity index (χ0n) is 9.39. The number of nitrogens with one attached hydrogen (secondary N) is 1. The van der Waals surface area contributed by atoms with E-state index in [9.17, 15) is 9.18 Å². The summed E-state index contributed by atoms with van der Waals surface area (Å²) in [6.45, 7) is 1.53. The first-order valence-corrected chi connectivity index (χ1v) is 4.75. The number of carbonyl (C=O) groups is 1. The fourth-order valence-electron chi connectivity index (χ4n) is 1.08. The highest BCUT2D eigenvalue weighted by atomic mass is 19.1. The van der Waals surface area contributed by atoms with Crippen molar-refractivity contribution >= 4 is 29.4 Å². The van der Waals surface area contributed by atoms with Crippen molar-refractivity contribution in [2.75, 3.05) is 0 Å². The van der Waals surface area contributed by atoms with Gasteiger partial charge >= 0.3 is 0 Å². The maximum absolute atomic E-state index is 12.9. The Balaban J connectivity index is 2.88. The first-order chi connectivity index (χ1) is 6.79. The smallest absolute Gasteiger partial charge is 0.268 e. The molecule has 0 aliphatic heterocycles. The molecule has 0 saturated carbocycles. The average molecular weight is 204 g/mol. The van der Waals surface area contributed by atoms with Crippen LogP contribution in [0.3, 0.4) is 0 Å². The fourth-order valence-corrected chi connectivity index (χ4v) is 1.08. The molecular formula is C8H12B3FN2O. The summed E-state index contributed by atoms with van der Waals surface area (Å²) in [5.41, 5.74) is 0.473. The summed E-state index contributed by atoms with van der Waals surface area (Å²) >= 11 is 0. The number of hydrogen-bond donors (Lipinski definition) is 1. The molecule has 15 heavy (non-hydrogen) atoms. The lowest BCUT2D eigenvalue weighted by Gasteiger charge is -2.20. The highest BCUT2D eigenvalue weighted by molar-refractivity contribution is 6.60. The minimum Gasteiger partial charge on any atom is -0.368 e. The van der Waals surface area contributed by atoms with E-state index in [0.717, 1.165) is 0 Å². The van der Waals surface area contributed by atoms with E-state index in [1.54, 1.807) is 0 Å². The van der Waals surface area contributed by atoms with Crippen LogP contribution in [0.15, 0.2) is 12.1 Å². The van der Waals surface area contributed by atoms with Gasteiger partial charge in [0, 0.05) is 0 Å². The van der Waals surface area contributed by atoms with Crippen LogP contribution in [0, 0.1) is 12.7 Å². The maximum Gasteiger partial charge on any atom is 0.268 e. The number of nitrogens with zero attached hydrogens (tertiary/aromatic N) is 1. The molecule has 1 heterocycles. The Bertz CT molecular complexity index is 392. The van der Waals surface area contributed by atoms with Gasteiger partial charge < -0.3 is 5.32 Å². The Morgan fingerprint density at radius 1 is 1.47 bits per heavy atom. The molecule has 0 radical (unpaired) electrons. The van der Waals surface area contributed by atoms with E-state index in [1.165, 1.54) is 19.1 Å². The third-order valence-electron chi connectivity index (χ3n) is 1.74. The molecule has 1 aromatic heterocycles. The number of amides is 1. The van der Waals surface area contributed by atoms with Gasteiger partial charge in [0.2, 0.25) is 0 Å². The van der Waals surface area contributed by atoms with Crippen LogP contribution in [-0.4, -0.2) is 39.7 Å². The van der Waals surface area contributed by atoms with Crippen molar-refractivity contribution in [1.29, 1.82) is 0 Å². The minimum atomic E-state index is -0.401. The molecule has 1 N–H and O–H groups in total. The van der Waals surface area contributed by atoms with Crippen LogP contribution in [0.25, 0.3) is 0 Å². The summed E-state index contributed by atoms with van der Waals surface area (Å²) in [7, 11) is 5.63. The van der Waals surface area contributed by atoms with Crippen LogP contribution in [0.2, 0.25) is 0 Å². The molecule has 0 aromatic carbocycles. The van der Waals surface area contributed by atoms with Crippen LogP contribution < -0.4 is 5.32 Å². The molecule has 7 heteroatoms. The largest absolute Gasteiger partial charge is 0.368 e. The highest BCUT2D eigenvalue weighted by Gasteiger charge is 2.16. The first-order valence-electron chi connectivity index (χ1n) is 4.75. The van der Waals surface area contributed by atoms with Crippen LogP contribution in [0.4, 0.5) is 4.39 Å². The fraction of sp³-hybridized carbons (Fsp3) is 0.250. The second-order valence-electron chi connectivity index (χ2n) is 4.47. The first kappa shape index (κ1) is 11.8. The molecule has 0 aliphatic carbocycles. The molecule has 1 amide bonds. The predicted octanol–water partition coefficient (Wildman–Crippen LogP) is -2.23. The number of rotatable bonds is 2. The zero-order valence-corrected chi connectivity index (χ0v) is 9.39. The molecule has 3 nitrogen and oxygen atoms in total. The summed E-state index contributed by atoms with van der Waals surface area (Å²) in [6, 6.07) is 2.63. The molecule has 1 aromatic rings. The lowest BCUT2D eigenvalue weighted by atomic mass is 9.49. The van der Waals surface area contributed by atoms with Gasteiger partial charge in [-0.25, -0.2) is 9.37 Å². The molecule has 76 valence electrons. The Morgan fingerprint density at radius 3 is 2.53 bits per heavy atom. The third kappa shape index (κ3) is 3.42. The van der Waals surface area contributed by atoms with Gasteiger partial charge in [-0.2, -0.15) is 0 Å². The van der Waals surface area contributed by atoms with Crippen molar-refractivity contribution < 1.29 is 9.18 Å². The van der Waals surface area contributed by atoms with Crippen LogP contribution in [-0.2, 0) is 0 Å². The summed E-state index contributed by atoms with van der Waals surface area (Å²) in [5.74, 6) is -0.687. The predicted molar refractivity (Wildman–Crippen MR) is 64.8 cm³/mol. The van der Waals surface area contributed by atoms with Crippen molar-refractivity contribution in [2.24, 2.45) is 0 Å². The number of hydrogen-bond acceptors (Lipinski definition) is 2. The standard InChI is InChI=1S/C8H12B3FN2O/c1-4-5(12)2-3-6(13-4)7(15)14-8(9,10)11/h2-3H,9-11H2,1H3,(H,14,15). The van der Waals surface area contributed by atoms with Gasteiger partial charge in [0.1, 0.15) is 35.0 Å². The molecule has 0 atom stereocenters. The Hall–Kier alpha value is -1.26. The monoisotopic (exact) mass is 204 g/mol. The van der Waals surface area contributed by atoms with E-state index < -0.39 is 5.82 Å². The van der Waals surface area contributed by atoms with E-state index in [2.05, 4.69) is 10.3 Å². The number of aromatic nitrogens is 1. The molecule has 0 saturated heterocycles. The van der Waals surface area contributed by atoms with Gasteiger partial charge in [-0.15, -0.1) is 0 Å². The van der Waals surface area contributed by atoms with Crippen LogP contribution in [0.1, 0.15) is 16.2 Å². The molecule has 0 spiro atoms. The van der Waals surface area contributed by atoms with E-state index in [-0.39, 0.29) is 22.5 Å². The summed E-state index contributed by atoms with van der Waals surface area (Å²) < 4.78 is 12.9. The summed E-state index contributed by atoms with van der Waals surface area (Å²) in [4.78, 5) is 15.5. The van der Waals surface area contributed by atoms with Crippen molar-refractivity contribution in [2.45, 2.75) is 12.2 Å². The topological polar surface area (TPSA) is 42.0 Å². The Labute approximate surface area is 91.1 Å². The molecule has 0 fully saturated rings. The zero-order chi connectivity index (χ0) is 11.6. The number of halogens is 1. The molecular weight excluding hydrogens is 192 g/mol. The van der Waals surface area contributed by atoms with E-state index in [1.807, 2.05) is 23.5 Å². The highest BCUT2D eigenvalue weighted by Crippen LogP contribution is 2.04. The quantitative estimate of drug-likeness (QED) is 0.553. The van der Waals surface area contributed by atoms with Gasteiger partial charge in [0.25, 0.3) is 5.91 Å². The second-order valence-corrected chi connectivity index (χ2v) is 4.47. The number of aryl methyl sites for hydroxylation is 1. The van der Waals surface area contributed by atoms with Gasteiger partial charge in [-0.1, -0.05) is 0 Å². The second kappa shape index (κ2) is 4.09. The normalized spacial score (nSPS) is 11.1. The minimum absolute atomic E-state index is 0.233. The van der Waals surface area contributed by atoms with Crippen molar-refractivity contribution in [3.63, 3.8) is 0 Å². The van der Waals surface area contributed by atoms with E-state index >= 15 is 0 Å². The third-order valence-corrected chi connectivity index (χ3v) is 1.74. The summed E-state index contributed by atoms with van der Waals surface area (Å²) in [5, 5.41) is 2.44. The molecule has 0 bridgehead atoms. The van der Waals surface area contributed by atoms with Crippen molar-refractivity contribution in [3.8, 4) is 0 Å². The van der Waals surface area contributed by atoms with Gasteiger partial charge in [0.05, 0.1) is 5.69 Å². The van der Waals surface area contributed by atoms with Crippen molar-refractivity contribution in [3.05, 3.63) is 29.3 Å². The molecule has 0 unspecified atom stereocenters. The number of carbonyl (C=O) groups excluding carboxylic acids is 1. The molecule has 0 aliphatic rings. The van der Waals surface area contributed by atoms with E-state index in [0.29, 0.717) is 0 Å². The van der Waals surface area contributed by atoms with E-state index in [4.69, 9.17) is 0 Å². The Kier molecular flexibility index (Phi) is 3.22. The van der Waals surface area contributed by atoms with Gasteiger partial charge in [0.15, 0.2) is 0 Å². The van der Waals surface area contributed by atoms with Gasteiger partial charge in [-0.05, 0) is 24.3 Å². The van der Waals surface area contributed by atoms with Crippen LogP contribution in [0.5, 0.6) is 0 Å². The Morgan fingerprint density at radius 2 is 2.07 bits per heavy atom. The lowest BCUT2D eigenvalue weighted by Crippen LogP contribution is -2.50. The SMILES string of the molecule is BC(B)(B)NC(=O)c1ccc(F)c(C)n1. The average Bonchev–Trinajstić information content (AvgIpc) is 2.06. The maximum atomic E-state index is 12.9. The lowest BCUT2D eigenvalue weighted by molar-refractivity contribution is 0.0947. The molecule has 1 rings (SSSR count). The summed E-state index contributed by atoms with van der Waals surface area (Å²) in [6.07, 6.45) is 0.